The summed E-state index contributed by atoms with van der Waals surface area (Å²) in [6, 6.07) is 43.6. The first-order valence-corrected chi connectivity index (χ1v) is 19.1. The van der Waals surface area contributed by atoms with Crippen molar-refractivity contribution >= 4 is 52.5 Å². The van der Waals surface area contributed by atoms with Gasteiger partial charge in [-0.1, -0.05) is 135 Å². The molecule has 0 radical (unpaired) electrons. The van der Waals surface area contributed by atoms with Crippen LogP contribution in [0.3, 0.4) is 0 Å². The summed E-state index contributed by atoms with van der Waals surface area (Å²) in [5, 5.41) is 7.20. The molecule has 0 aliphatic rings. The molecule has 6 rings (SSSR count). The van der Waals surface area contributed by atoms with Crippen molar-refractivity contribution in [1.29, 1.82) is 0 Å². The van der Waals surface area contributed by atoms with Crippen molar-refractivity contribution in [2.75, 3.05) is 26.7 Å². The number of hydrogen-bond acceptors (Lipinski definition) is 1. The summed E-state index contributed by atoms with van der Waals surface area (Å²) in [5.41, 5.74) is 7.26. The second-order valence-electron chi connectivity index (χ2n) is 11.5. The SMILES string of the molecule is C=P(C)(C)c1ccc(-c2ccc(-c3ccc(-c4ccc(P(C)(C)=O)cc4)c4ccccc34)c3ccccc23)cc1. The predicted molar refractivity (Wildman–Crippen MR) is 182 cm³/mol. The van der Waals surface area contributed by atoms with Crippen LogP contribution in [0.2, 0.25) is 0 Å². The fourth-order valence-electron chi connectivity index (χ4n) is 5.62. The van der Waals surface area contributed by atoms with E-state index in [0.29, 0.717) is 0 Å². The third-order valence-corrected chi connectivity index (χ3v) is 11.1. The van der Waals surface area contributed by atoms with Crippen molar-refractivity contribution in [1.82, 2.24) is 0 Å². The van der Waals surface area contributed by atoms with E-state index in [0.717, 1.165) is 10.9 Å². The average molecular weight is 557 g/mol. The van der Waals surface area contributed by atoms with E-state index in [4.69, 9.17) is 0 Å². The molecule has 0 amide bonds. The van der Waals surface area contributed by atoms with Gasteiger partial charge in [-0.25, -0.2) is 0 Å². The number of fused-ring (bicyclic) bond motifs is 2. The van der Waals surface area contributed by atoms with Gasteiger partial charge in [0.2, 0.25) is 0 Å². The lowest BCUT2D eigenvalue weighted by atomic mass is 9.88. The van der Waals surface area contributed by atoms with Crippen LogP contribution in [0.4, 0.5) is 0 Å². The van der Waals surface area contributed by atoms with Crippen LogP contribution >= 0.6 is 14.0 Å². The standard InChI is InChI=1S/C37H34OP2/c1-39(2,3)28-18-14-26(15-19-28)30-22-24-36(34-12-8-6-10-32(30)34)37-25-23-31(33-11-7-9-13-35(33)37)27-16-20-29(21-17-27)40(4,5)38/h6-25H,1H2,2-5H3. The summed E-state index contributed by atoms with van der Waals surface area (Å²) in [7, 11) is -2.29. The number of benzene rings is 6. The molecule has 1 nitrogen and oxygen atoms in total. The van der Waals surface area contributed by atoms with E-state index >= 15 is 0 Å². The van der Waals surface area contributed by atoms with Gasteiger partial charge < -0.3 is 4.57 Å². The van der Waals surface area contributed by atoms with Gasteiger partial charge in [0.1, 0.15) is 7.14 Å². The Labute approximate surface area is 237 Å². The molecule has 198 valence electrons. The van der Waals surface area contributed by atoms with Gasteiger partial charge in [0.15, 0.2) is 0 Å². The minimum Gasteiger partial charge on any atom is -0.319 e. The van der Waals surface area contributed by atoms with Crippen molar-refractivity contribution in [3.63, 3.8) is 0 Å². The first kappa shape index (κ1) is 26.6. The summed E-state index contributed by atoms with van der Waals surface area (Å²) in [5.74, 6) is 0. The van der Waals surface area contributed by atoms with Crippen molar-refractivity contribution in [2.24, 2.45) is 0 Å². The lowest BCUT2D eigenvalue weighted by molar-refractivity contribution is 0.588. The fourth-order valence-corrected chi connectivity index (χ4v) is 7.44. The maximum atomic E-state index is 12.6. The minimum atomic E-state index is -2.29. The first-order chi connectivity index (χ1) is 19.1. The van der Waals surface area contributed by atoms with Gasteiger partial charge in [0.25, 0.3) is 0 Å². The van der Waals surface area contributed by atoms with E-state index < -0.39 is 14.0 Å². The maximum absolute atomic E-state index is 12.6. The second kappa shape index (κ2) is 10.1. The zero-order chi connectivity index (χ0) is 28.1. The van der Waals surface area contributed by atoms with E-state index in [9.17, 15) is 4.57 Å². The molecular weight excluding hydrogens is 522 g/mol. The van der Waals surface area contributed by atoms with Gasteiger partial charge in [-0.15, -0.1) is 0 Å². The first-order valence-electron chi connectivity index (χ1n) is 13.6. The molecule has 0 saturated carbocycles. The van der Waals surface area contributed by atoms with Crippen LogP contribution in [0.1, 0.15) is 0 Å². The number of rotatable bonds is 5. The highest BCUT2D eigenvalue weighted by Crippen LogP contribution is 2.42. The van der Waals surface area contributed by atoms with Gasteiger partial charge in [0.05, 0.1) is 0 Å². The van der Waals surface area contributed by atoms with Crippen LogP contribution in [-0.4, -0.2) is 33.0 Å². The molecule has 0 unspecified atom stereocenters. The van der Waals surface area contributed by atoms with Crippen molar-refractivity contribution in [3.05, 3.63) is 121 Å². The zero-order valence-corrected chi connectivity index (χ0v) is 25.3. The molecule has 3 heteroatoms. The van der Waals surface area contributed by atoms with Gasteiger partial charge in [-0.05, 0) is 86.9 Å². The summed E-state index contributed by atoms with van der Waals surface area (Å²) in [6.45, 7) is 6.85. The zero-order valence-electron chi connectivity index (χ0n) is 23.6. The van der Waals surface area contributed by atoms with Crippen molar-refractivity contribution in [2.45, 2.75) is 0 Å². The van der Waals surface area contributed by atoms with E-state index in [1.165, 1.54) is 54.7 Å². The molecule has 6 aromatic rings. The molecule has 0 spiro atoms. The van der Waals surface area contributed by atoms with Crippen LogP contribution in [-0.2, 0) is 4.57 Å². The highest BCUT2D eigenvalue weighted by atomic mass is 31.2. The second-order valence-corrected chi connectivity index (χ2v) is 18.6. The molecule has 0 saturated heterocycles. The summed E-state index contributed by atoms with van der Waals surface area (Å²) >= 11 is 0. The molecule has 0 heterocycles. The molecule has 6 aromatic carbocycles. The summed E-state index contributed by atoms with van der Waals surface area (Å²) in [6.07, 6.45) is 4.40. The lowest BCUT2D eigenvalue weighted by Crippen LogP contribution is -2.02. The van der Waals surface area contributed by atoms with Gasteiger partial charge in [-0.2, -0.15) is 0 Å². The van der Waals surface area contributed by atoms with Crippen LogP contribution in [0.25, 0.3) is 54.9 Å². The molecule has 0 aromatic heterocycles. The fraction of sp³-hybridized carbons (Fsp3) is 0.108. The molecule has 0 fully saturated rings. The van der Waals surface area contributed by atoms with Crippen LogP contribution in [0.15, 0.2) is 121 Å². The van der Waals surface area contributed by atoms with E-state index in [2.05, 4.69) is 129 Å². The van der Waals surface area contributed by atoms with Gasteiger partial charge >= 0.3 is 0 Å². The smallest absolute Gasteiger partial charge is 0.109 e. The van der Waals surface area contributed by atoms with Gasteiger partial charge in [-0.3, -0.25) is 0 Å². The highest BCUT2D eigenvalue weighted by molar-refractivity contribution is 7.79. The third kappa shape index (κ3) is 4.90. The molecule has 40 heavy (non-hydrogen) atoms. The maximum Gasteiger partial charge on any atom is 0.109 e. The van der Waals surface area contributed by atoms with E-state index in [1.54, 1.807) is 0 Å². The largest absolute Gasteiger partial charge is 0.319 e. The predicted octanol–water partition coefficient (Wildman–Crippen LogP) is 9.58. The Balaban J connectivity index is 1.50. The molecule has 0 N–H and O–H groups in total. The molecule has 0 bridgehead atoms. The van der Waals surface area contributed by atoms with Crippen LogP contribution in [0, 0.1) is 0 Å². The topological polar surface area (TPSA) is 17.1 Å². The Morgan fingerprint density at radius 2 is 0.750 bits per heavy atom. The Morgan fingerprint density at radius 1 is 0.425 bits per heavy atom. The average Bonchev–Trinajstić information content (AvgIpc) is 2.95. The number of hydrogen-bond donors (Lipinski definition) is 0. The molecule has 0 aliphatic carbocycles. The van der Waals surface area contributed by atoms with E-state index in [-0.39, 0.29) is 0 Å². The van der Waals surface area contributed by atoms with Crippen LogP contribution < -0.4 is 10.6 Å². The highest BCUT2D eigenvalue weighted by Gasteiger charge is 2.15. The molecular formula is C37H34OP2. The normalized spacial score (nSPS) is 12.2. The molecule has 0 atom stereocenters. The summed E-state index contributed by atoms with van der Waals surface area (Å²) in [4.78, 5) is 0. The Kier molecular flexibility index (Phi) is 6.70. The Hall–Kier alpha value is -3.63. The Bertz CT molecular complexity index is 1820. The third-order valence-electron chi connectivity index (χ3n) is 7.82. The summed E-state index contributed by atoms with van der Waals surface area (Å²) < 4.78 is 12.6. The van der Waals surface area contributed by atoms with Gasteiger partial charge in [0, 0.05) is 5.30 Å². The van der Waals surface area contributed by atoms with Crippen LogP contribution in [0.5, 0.6) is 0 Å². The van der Waals surface area contributed by atoms with Crippen molar-refractivity contribution in [3.8, 4) is 33.4 Å². The van der Waals surface area contributed by atoms with Crippen molar-refractivity contribution < 1.29 is 4.57 Å². The Morgan fingerprint density at radius 3 is 1.10 bits per heavy atom. The minimum absolute atomic E-state index is 0.912. The quantitative estimate of drug-likeness (QED) is 0.193. The van der Waals surface area contributed by atoms with E-state index in [1.807, 2.05) is 25.5 Å². The molecule has 0 aliphatic heterocycles. The monoisotopic (exact) mass is 556 g/mol. The lowest BCUT2D eigenvalue weighted by Gasteiger charge is -2.17.